The fourth-order valence-corrected chi connectivity index (χ4v) is 1.43. The maximum atomic E-state index is 4.38. The van der Waals surface area contributed by atoms with E-state index in [0.29, 0.717) is 0 Å². The van der Waals surface area contributed by atoms with E-state index >= 15 is 0 Å². The highest BCUT2D eigenvalue weighted by Crippen LogP contribution is 2.14. The van der Waals surface area contributed by atoms with Crippen LogP contribution in [0, 0.1) is 0 Å². The van der Waals surface area contributed by atoms with Gasteiger partial charge in [0, 0.05) is 29.8 Å². The van der Waals surface area contributed by atoms with Gasteiger partial charge >= 0.3 is 0 Å². The Bertz CT molecular complexity index is 409. The zero-order valence-corrected chi connectivity index (χ0v) is 8.72. The molecule has 0 saturated carbocycles. The lowest BCUT2D eigenvalue weighted by molar-refractivity contribution is 0.883. The van der Waals surface area contributed by atoms with Gasteiger partial charge in [-0.2, -0.15) is 0 Å². The second-order valence-corrected chi connectivity index (χ2v) is 3.38. The lowest BCUT2D eigenvalue weighted by Gasteiger charge is -2.01. The number of nitrogens with zero attached hydrogens (tertiary/aromatic N) is 3. The average Bonchev–Trinajstić information content (AvgIpc) is 2.32. The SMILES string of the molecule is CCCc1ccc(-c2cnccn2)cn1. The minimum atomic E-state index is 0.869. The molecule has 15 heavy (non-hydrogen) atoms. The molecule has 0 radical (unpaired) electrons. The number of hydrogen-bond acceptors (Lipinski definition) is 3. The van der Waals surface area contributed by atoms with Crippen molar-refractivity contribution in [2.24, 2.45) is 0 Å². The third-order valence-corrected chi connectivity index (χ3v) is 2.19. The standard InChI is InChI=1S/C12H13N3/c1-2-3-11-5-4-10(8-15-11)12-9-13-6-7-14-12/h4-9H,2-3H2,1H3. The van der Waals surface area contributed by atoms with Gasteiger partial charge in [0.05, 0.1) is 11.9 Å². The van der Waals surface area contributed by atoms with Crippen LogP contribution in [0.25, 0.3) is 11.3 Å². The van der Waals surface area contributed by atoms with E-state index in [1.807, 2.05) is 18.3 Å². The first-order valence-electron chi connectivity index (χ1n) is 5.11. The Morgan fingerprint density at radius 1 is 1.07 bits per heavy atom. The van der Waals surface area contributed by atoms with E-state index in [4.69, 9.17) is 0 Å². The van der Waals surface area contributed by atoms with Crippen LogP contribution in [0.5, 0.6) is 0 Å². The second-order valence-electron chi connectivity index (χ2n) is 3.38. The van der Waals surface area contributed by atoms with E-state index in [9.17, 15) is 0 Å². The van der Waals surface area contributed by atoms with Crippen molar-refractivity contribution >= 4 is 0 Å². The van der Waals surface area contributed by atoms with Crippen LogP contribution >= 0.6 is 0 Å². The Morgan fingerprint density at radius 2 is 2.00 bits per heavy atom. The summed E-state index contributed by atoms with van der Waals surface area (Å²) in [7, 11) is 0. The molecule has 0 N–H and O–H groups in total. The van der Waals surface area contributed by atoms with Crippen molar-refractivity contribution in [3.05, 3.63) is 42.6 Å². The lowest BCUT2D eigenvalue weighted by atomic mass is 10.1. The van der Waals surface area contributed by atoms with Gasteiger partial charge in [0.25, 0.3) is 0 Å². The molecule has 0 spiro atoms. The van der Waals surface area contributed by atoms with Crippen molar-refractivity contribution in [2.75, 3.05) is 0 Å². The Hall–Kier alpha value is -1.77. The lowest BCUT2D eigenvalue weighted by Crippen LogP contribution is -1.90. The summed E-state index contributed by atoms with van der Waals surface area (Å²) in [6.45, 7) is 2.15. The Kier molecular flexibility index (Phi) is 3.02. The first-order valence-corrected chi connectivity index (χ1v) is 5.11. The van der Waals surface area contributed by atoms with E-state index in [2.05, 4.69) is 21.9 Å². The molecule has 0 aromatic carbocycles. The summed E-state index contributed by atoms with van der Waals surface area (Å²) in [6.07, 6.45) is 9.11. The summed E-state index contributed by atoms with van der Waals surface area (Å²) in [5, 5.41) is 0. The van der Waals surface area contributed by atoms with Crippen LogP contribution in [0.1, 0.15) is 19.0 Å². The summed E-state index contributed by atoms with van der Waals surface area (Å²) >= 11 is 0. The first kappa shape index (κ1) is 9.77. The van der Waals surface area contributed by atoms with Gasteiger partial charge in [0.15, 0.2) is 0 Å². The number of aryl methyl sites for hydroxylation is 1. The van der Waals surface area contributed by atoms with Gasteiger partial charge in [0.1, 0.15) is 0 Å². The maximum Gasteiger partial charge on any atom is 0.0900 e. The van der Waals surface area contributed by atoms with Crippen LogP contribution in [0.2, 0.25) is 0 Å². The number of aromatic nitrogens is 3. The van der Waals surface area contributed by atoms with Crippen molar-refractivity contribution in [1.29, 1.82) is 0 Å². The van der Waals surface area contributed by atoms with E-state index in [1.54, 1.807) is 18.6 Å². The predicted molar refractivity (Wildman–Crippen MR) is 59.3 cm³/mol. The van der Waals surface area contributed by atoms with Crippen molar-refractivity contribution < 1.29 is 0 Å². The molecule has 3 heteroatoms. The molecule has 0 amide bonds. The van der Waals surface area contributed by atoms with Crippen LogP contribution in [-0.2, 0) is 6.42 Å². The molecular weight excluding hydrogens is 186 g/mol. The molecule has 0 saturated heterocycles. The van der Waals surface area contributed by atoms with Crippen LogP contribution in [0.3, 0.4) is 0 Å². The van der Waals surface area contributed by atoms with Gasteiger partial charge in [-0.25, -0.2) is 0 Å². The van der Waals surface area contributed by atoms with Crippen LogP contribution in [-0.4, -0.2) is 15.0 Å². The predicted octanol–water partition coefficient (Wildman–Crippen LogP) is 2.49. The highest BCUT2D eigenvalue weighted by Gasteiger charge is 1.99. The van der Waals surface area contributed by atoms with Crippen LogP contribution in [0.4, 0.5) is 0 Å². The van der Waals surface area contributed by atoms with Crippen LogP contribution in [0.15, 0.2) is 36.9 Å². The van der Waals surface area contributed by atoms with Gasteiger partial charge in [-0.15, -0.1) is 0 Å². The maximum absolute atomic E-state index is 4.38. The molecule has 0 aliphatic rings. The van der Waals surface area contributed by atoms with Gasteiger partial charge in [-0.05, 0) is 18.6 Å². The van der Waals surface area contributed by atoms with Crippen molar-refractivity contribution in [3.8, 4) is 11.3 Å². The summed E-state index contributed by atoms with van der Waals surface area (Å²) in [5.74, 6) is 0. The van der Waals surface area contributed by atoms with Crippen LogP contribution < -0.4 is 0 Å². The Labute approximate surface area is 89.2 Å². The summed E-state index contributed by atoms with van der Waals surface area (Å²) in [5.41, 5.74) is 3.01. The molecule has 0 aliphatic heterocycles. The monoisotopic (exact) mass is 199 g/mol. The smallest absolute Gasteiger partial charge is 0.0900 e. The molecule has 0 fully saturated rings. The quantitative estimate of drug-likeness (QED) is 0.762. The fourth-order valence-electron chi connectivity index (χ4n) is 1.43. The largest absolute Gasteiger partial charge is 0.261 e. The molecular formula is C12H13N3. The third kappa shape index (κ3) is 2.37. The Morgan fingerprint density at radius 3 is 2.60 bits per heavy atom. The van der Waals surface area contributed by atoms with Crippen molar-refractivity contribution in [1.82, 2.24) is 15.0 Å². The molecule has 2 aromatic rings. The highest BCUT2D eigenvalue weighted by atomic mass is 14.8. The average molecular weight is 199 g/mol. The molecule has 0 unspecified atom stereocenters. The summed E-state index contributed by atoms with van der Waals surface area (Å²) in [6, 6.07) is 4.09. The molecule has 2 aromatic heterocycles. The molecule has 76 valence electrons. The number of rotatable bonds is 3. The van der Waals surface area contributed by atoms with Gasteiger partial charge in [-0.1, -0.05) is 13.3 Å². The van der Waals surface area contributed by atoms with E-state index < -0.39 is 0 Å². The molecule has 3 nitrogen and oxygen atoms in total. The van der Waals surface area contributed by atoms with Gasteiger partial charge in [0.2, 0.25) is 0 Å². The van der Waals surface area contributed by atoms with E-state index in [0.717, 1.165) is 29.8 Å². The normalized spacial score (nSPS) is 10.2. The number of hydrogen-bond donors (Lipinski definition) is 0. The molecule has 0 aliphatic carbocycles. The molecule has 2 rings (SSSR count). The van der Waals surface area contributed by atoms with Crippen molar-refractivity contribution in [3.63, 3.8) is 0 Å². The van der Waals surface area contributed by atoms with E-state index in [-0.39, 0.29) is 0 Å². The van der Waals surface area contributed by atoms with Crippen molar-refractivity contribution in [2.45, 2.75) is 19.8 Å². The topological polar surface area (TPSA) is 38.7 Å². The minimum absolute atomic E-state index is 0.869. The molecule has 0 atom stereocenters. The van der Waals surface area contributed by atoms with E-state index in [1.165, 1.54) is 0 Å². The summed E-state index contributed by atoms with van der Waals surface area (Å²) < 4.78 is 0. The zero-order chi connectivity index (χ0) is 10.5. The third-order valence-electron chi connectivity index (χ3n) is 2.19. The number of pyridine rings is 1. The summed E-state index contributed by atoms with van der Waals surface area (Å²) in [4.78, 5) is 12.6. The second kappa shape index (κ2) is 4.64. The first-order chi connectivity index (χ1) is 7.40. The molecule has 2 heterocycles. The van der Waals surface area contributed by atoms with Gasteiger partial charge < -0.3 is 0 Å². The zero-order valence-electron chi connectivity index (χ0n) is 8.72. The Balaban J connectivity index is 2.24. The van der Waals surface area contributed by atoms with Gasteiger partial charge in [-0.3, -0.25) is 15.0 Å². The highest BCUT2D eigenvalue weighted by molar-refractivity contribution is 5.56. The molecule has 0 bridgehead atoms. The minimum Gasteiger partial charge on any atom is -0.261 e. The fraction of sp³-hybridized carbons (Fsp3) is 0.250.